The van der Waals surface area contributed by atoms with Gasteiger partial charge in [0, 0.05) is 31.9 Å². The fraction of sp³-hybridized carbons (Fsp3) is 0.278. The van der Waals surface area contributed by atoms with Crippen molar-refractivity contribution in [3.63, 3.8) is 0 Å². The number of nitrogens with one attached hydrogen (secondary N) is 1. The molecule has 0 bridgehead atoms. The lowest BCUT2D eigenvalue weighted by Gasteiger charge is -2.33. The summed E-state index contributed by atoms with van der Waals surface area (Å²) in [6.45, 7) is 4.96. The Labute approximate surface area is 141 Å². The molecule has 6 heteroatoms. The highest BCUT2D eigenvalue weighted by molar-refractivity contribution is 6.02. The second kappa shape index (κ2) is 7.12. The van der Waals surface area contributed by atoms with Crippen molar-refractivity contribution in [1.29, 1.82) is 0 Å². The van der Waals surface area contributed by atoms with Crippen molar-refractivity contribution in [1.82, 2.24) is 9.88 Å². The number of aromatic nitrogens is 1. The van der Waals surface area contributed by atoms with E-state index in [9.17, 15) is 9.59 Å². The van der Waals surface area contributed by atoms with Gasteiger partial charge in [-0.1, -0.05) is 17.7 Å². The molecule has 1 fully saturated rings. The molecule has 124 valence electrons. The number of nitrogens with zero attached hydrogens (tertiary/aromatic N) is 3. The molecule has 24 heavy (non-hydrogen) atoms. The molecule has 1 aromatic heterocycles. The van der Waals surface area contributed by atoms with Gasteiger partial charge in [-0.3, -0.25) is 9.59 Å². The highest BCUT2D eigenvalue weighted by Crippen LogP contribution is 2.16. The highest BCUT2D eigenvalue weighted by Gasteiger charge is 2.16. The lowest BCUT2D eigenvalue weighted by atomic mass is 10.2. The van der Waals surface area contributed by atoms with E-state index in [0.29, 0.717) is 18.8 Å². The van der Waals surface area contributed by atoms with E-state index in [1.807, 2.05) is 37.3 Å². The molecule has 0 unspecified atom stereocenters. The number of benzene rings is 1. The topological polar surface area (TPSA) is 65.5 Å². The van der Waals surface area contributed by atoms with Gasteiger partial charge < -0.3 is 15.1 Å². The van der Waals surface area contributed by atoms with Gasteiger partial charge in [-0.15, -0.1) is 0 Å². The molecule has 0 atom stereocenters. The fourth-order valence-electron chi connectivity index (χ4n) is 2.62. The molecule has 0 aliphatic carbocycles. The quantitative estimate of drug-likeness (QED) is 0.873. The number of anilines is 2. The number of pyridine rings is 1. The summed E-state index contributed by atoms with van der Waals surface area (Å²) in [4.78, 5) is 31.2. The smallest absolute Gasteiger partial charge is 0.274 e. The van der Waals surface area contributed by atoms with Crippen LogP contribution in [0.4, 0.5) is 11.4 Å². The van der Waals surface area contributed by atoms with E-state index in [0.717, 1.165) is 36.4 Å². The number of hydrogen-bond acceptors (Lipinski definition) is 4. The van der Waals surface area contributed by atoms with E-state index in [1.165, 1.54) is 0 Å². The maximum atomic E-state index is 12.2. The average Bonchev–Trinajstić information content (AvgIpc) is 2.64. The number of piperazine rings is 1. The lowest BCUT2D eigenvalue weighted by Crippen LogP contribution is -2.45. The van der Waals surface area contributed by atoms with Crippen LogP contribution in [0.5, 0.6) is 0 Å². The van der Waals surface area contributed by atoms with Crippen molar-refractivity contribution in [2.75, 3.05) is 36.4 Å². The third-order valence-corrected chi connectivity index (χ3v) is 4.12. The van der Waals surface area contributed by atoms with Crippen molar-refractivity contribution in [3.05, 3.63) is 53.9 Å². The first-order valence-electron chi connectivity index (χ1n) is 7.94. The van der Waals surface area contributed by atoms with E-state index in [1.54, 1.807) is 17.2 Å². The molecule has 1 aromatic carbocycles. The van der Waals surface area contributed by atoms with E-state index >= 15 is 0 Å². The number of carbonyl (C=O) groups is 2. The van der Waals surface area contributed by atoms with Crippen LogP contribution in [0.1, 0.15) is 16.1 Å². The first-order chi connectivity index (χ1) is 11.7. The molecule has 1 N–H and O–H groups in total. The highest BCUT2D eigenvalue weighted by atomic mass is 16.2. The molecule has 1 saturated heterocycles. The minimum Gasteiger partial charge on any atom is -0.367 e. The van der Waals surface area contributed by atoms with Gasteiger partial charge in [0.25, 0.3) is 5.91 Å². The van der Waals surface area contributed by atoms with Crippen LogP contribution in [0.2, 0.25) is 0 Å². The standard InChI is InChI=1S/C18H20N4O2/c1-14-2-4-15(5-3-14)20-18(24)17-7-6-16(12-19-17)22-10-8-21(13-23)9-11-22/h2-7,12-13H,8-11H2,1H3,(H,20,24). The molecule has 2 aromatic rings. The Morgan fingerprint density at radius 3 is 2.38 bits per heavy atom. The average molecular weight is 324 g/mol. The van der Waals surface area contributed by atoms with Crippen molar-refractivity contribution in [3.8, 4) is 0 Å². The van der Waals surface area contributed by atoms with Crippen molar-refractivity contribution < 1.29 is 9.59 Å². The summed E-state index contributed by atoms with van der Waals surface area (Å²) in [5.41, 5.74) is 3.24. The summed E-state index contributed by atoms with van der Waals surface area (Å²) in [7, 11) is 0. The molecule has 2 heterocycles. The summed E-state index contributed by atoms with van der Waals surface area (Å²) in [6, 6.07) is 11.3. The second-order valence-corrected chi connectivity index (χ2v) is 5.85. The normalized spacial score (nSPS) is 14.4. The van der Waals surface area contributed by atoms with E-state index < -0.39 is 0 Å². The number of amides is 2. The van der Waals surface area contributed by atoms with E-state index in [-0.39, 0.29) is 5.91 Å². The Hall–Kier alpha value is -2.89. The molecule has 1 aliphatic rings. The minimum atomic E-state index is -0.226. The zero-order valence-corrected chi connectivity index (χ0v) is 13.6. The van der Waals surface area contributed by atoms with Gasteiger partial charge in [-0.05, 0) is 31.2 Å². The van der Waals surface area contributed by atoms with Gasteiger partial charge in [-0.25, -0.2) is 4.98 Å². The fourth-order valence-corrected chi connectivity index (χ4v) is 2.62. The Balaban J connectivity index is 1.62. The van der Waals surface area contributed by atoms with Crippen molar-refractivity contribution in [2.45, 2.75) is 6.92 Å². The minimum absolute atomic E-state index is 0.226. The zero-order chi connectivity index (χ0) is 16.9. The number of carbonyl (C=O) groups excluding carboxylic acids is 2. The van der Waals surface area contributed by atoms with Crippen molar-refractivity contribution in [2.24, 2.45) is 0 Å². The maximum Gasteiger partial charge on any atom is 0.274 e. The van der Waals surface area contributed by atoms with Crippen LogP contribution >= 0.6 is 0 Å². The molecule has 0 saturated carbocycles. The Bertz CT molecular complexity index is 705. The van der Waals surface area contributed by atoms with Crippen LogP contribution in [0, 0.1) is 6.92 Å². The van der Waals surface area contributed by atoms with Crippen LogP contribution in [-0.4, -0.2) is 48.4 Å². The monoisotopic (exact) mass is 324 g/mol. The molecular weight excluding hydrogens is 304 g/mol. The van der Waals surface area contributed by atoms with Crippen LogP contribution in [0.15, 0.2) is 42.6 Å². The van der Waals surface area contributed by atoms with Crippen LogP contribution < -0.4 is 10.2 Å². The van der Waals surface area contributed by atoms with Gasteiger partial charge in [0.2, 0.25) is 6.41 Å². The van der Waals surface area contributed by atoms with Gasteiger partial charge >= 0.3 is 0 Å². The molecule has 0 spiro atoms. The molecule has 3 rings (SSSR count). The Morgan fingerprint density at radius 1 is 1.08 bits per heavy atom. The van der Waals surface area contributed by atoms with Gasteiger partial charge in [0.1, 0.15) is 5.69 Å². The third-order valence-electron chi connectivity index (χ3n) is 4.12. The SMILES string of the molecule is Cc1ccc(NC(=O)c2ccc(N3CCN(C=O)CC3)cn2)cc1. The van der Waals surface area contributed by atoms with Crippen LogP contribution in [-0.2, 0) is 4.79 Å². The van der Waals surface area contributed by atoms with E-state index in [2.05, 4.69) is 15.2 Å². The molecule has 2 amide bonds. The maximum absolute atomic E-state index is 12.2. The predicted octanol–water partition coefficient (Wildman–Crippen LogP) is 1.92. The summed E-state index contributed by atoms with van der Waals surface area (Å²) in [5, 5.41) is 2.84. The van der Waals surface area contributed by atoms with Gasteiger partial charge in [-0.2, -0.15) is 0 Å². The van der Waals surface area contributed by atoms with Gasteiger partial charge in [0.05, 0.1) is 11.9 Å². The summed E-state index contributed by atoms with van der Waals surface area (Å²) < 4.78 is 0. The third kappa shape index (κ3) is 3.71. The second-order valence-electron chi connectivity index (χ2n) is 5.85. The number of rotatable bonds is 4. The first kappa shape index (κ1) is 16.0. The lowest BCUT2D eigenvalue weighted by molar-refractivity contribution is -0.118. The number of hydrogen-bond donors (Lipinski definition) is 1. The molecule has 0 radical (unpaired) electrons. The largest absolute Gasteiger partial charge is 0.367 e. The van der Waals surface area contributed by atoms with Crippen LogP contribution in [0.25, 0.3) is 0 Å². The summed E-state index contributed by atoms with van der Waals surface area (Å²) >= 11 is 0. The van der Waals surface area contributed by atoms with E-state index in [4.69, 9.17) is 0 Å². The summed E-state index contributed by atoms with van der Waals surface area (Å²) in [6.07, 6.45) is 2.59. The zero-order valence-electron chi connectivity index (χ0n) is 13.6. The first-order valence-corrected chi connectivity index (χ1v) is 7.94. The number of aryl methyl sites for hydroxylation is 1. The summed E-state index contributed by atoms with van der Waals surface area (Å²) in [5.74, 6) is -0.226. The molecule has 1 aliphatic heterocycles. The Morgan fingerprint density at radius 2 is 1.79 bits per heavy atom. The van der Waals surface area contributed by atoms with Gasteiger partial charge in [0.15, 0.2) is 0 Å². The molecular formula is C18H20N4O2. The predicted molar refractivity (Wildman–Crippen MR) is 93.2 cm³/mol. The van der Waals surface area contributed by atoms with Crippen LogP contribution in [0.3, 0.4) is 0 Å². The Kier molecular flexibility index (Phi) is 4.74. The van der Waals surface area contributed by atoms with Crippen molar-refractivity contribution >= 4 is 23.7 Å². The molecule has 6 nitrogen and oxygen atoms in total.